The van der Waals surface area contributed by atoms with Crippen LogP contribution in [0.5, 0.6) is 0 Å². The molecule has 2 heterocycles. The first-order chi connectivity index (χ1) is 18.5. The van der Waals surface area contributed by atoms with E-state index >= 15 is 0 Å². The highest BCUT2D eigenvalue weighted by atomic mass is 16.3. The fourth-order valence-electron chi connectivity index (χ4n) is 4.29. The number of hydrogen-bond acceptors (Lipinski definition) is 2. The minimum absolute atomic E-state index is 0.0507. The third-order valence-electron chi connectivity index (χ3n) is 6.61. The molecule has 2 aromatic heterocycles. The molecule has 194 valence electrons. The van der Waals surface area contributed by atoms with Crippen molar-refractivity contribution in [1.29, 1.82) is 0 Å². The van der Waals surface area contributed by atoms with Gasteiger partial charge < -0.3 is 10.2 Å². The third kappa shape index (κ3) is 7.84. The number of aryl methyl sites for hydroxylation is 2. The van der Waals surface area contributed by atoms with E-state index in [9.17, 15) is 10.2 Å². The van der Waals surface area contributed by atoms with Gasteiger partial charge in [0.2, 0.25) is 0 Å². The monoisotopic (exact) mass is 508 g/mol. The Bertz CT molecular complexity index is 1230. The van der Waals surface area contributed by atoms with Crippen LogP contribution in [0, 0.1) is 0 Å². The van der Waals surface area contributed by atoms with Crippen LogP contribution in [0.1, 0.15) is 49.9 Å². The van der Waals surface area contributed by atoms with Crippen molar-refractivity contribution in [3.05, 3.63) is 121 Å². The molecule has 38 heavy (non-hydrogen) atoms. The Morgan fingerprint density at radius 1 is 0.737 bits per heavy atom. The quantitative estimate of drug-likeness (QED) is 0.186. The van der Waals surface area contributed by atoms with Crippen molar-refractivity contribution in [3.63, 3.8) is 0 Å². The summed E-state index contributed by atoms with van der Waals surface area (Å²) in [5.41, 5.74) is 4.40. The molecule has 0 amide bonds. The van der Waals surface area contributed by atoms with Gasteiger partial charge in [-0.2, -0.15) is 0 Å². The van der Waals surface area contributed by atoms with E-state index < -0.39 is 0 Å². The van der Waals surface area contributed by atoms with Crippen molar-refractivity contribution in [1.82, 2.24) is 0 Å². The Hall–Kier alpha value is -4.32. The highest BCUT2D eigenvalue weighted by Gasteiger charge is 2.14. The van der Waals surface area contributed by atoms with Crippen molar-refractivity contribution in [2.75, 3.05) is 0 Å². The molecule has 0 fully saturated rings. The van der Waals surface area contributed by atoms with Crippen LogP contribution in [0.4, 0.5) is 0 Å². The van der Waals surface area contributed by atoms with Crippen LogP contribution in [0.3, 0.4) is 0 Å². The number of nitrogens with one attached hydrogen (secondary N) is 1. The summed E-state index contributed by atoms with van der Waals surface area (Å²) >= 11 is 0. The number of pyridine rings is 2. The van der Waals surface area contributed by atoms with Crippen LogP contribution in [0.15, 0.2) is 115 Å². The van der Waals surface area contributed by atoms with Gasteiger partial charge in [0.1, 0.15) is 6.42 Å². The minimum atomic E-state index is -0.132. The average Bonchev–Trinajstić information content (AvgIpc) is 2.96. The summed E-state index contributed by atoms with van der Waals surface area (Å²) in [7, 11) is 0. The predicted molar refractivity (Wildman–Crippen MR) is 147 cm³/mol. The van der Waals surface area contributed by atoms with Gasteiger partial charge in [-0.15, -0.1) is 0 Å². The molecular formula is C32H36N4O2+2. The van der Waals surface area contributed by atoms with Gasteiger partial charge in [0, 0.05) is 43.2 Å². The Labute approximate surface area is 224 Å². The molecule has 0 bridgehead atoms. The lowest BCUT2D eigenvalue weighted by Gasteiger charge is -2.13. The first-order valence-corrected chi connectivity index (χ1v) is 13.1. The lowest BCUT2D eigenvalue weighted by molar-refractivity contribution is -0.696. The first-order valence-electron chi connectivity index (χ1n) is 13.1. The highest BCUT2D eigenvalue weighted by molar-refractivity contribution is 5.71. The third-order valence-corrected chi connectivity index (χ3v) is 6.61. The van der Waals surface area contributed by atoms with Gasteiger partial charge in [0.15, 0.2) is 43.9 Å². The second-order valence-corrected chi connectivity index (χ2v) is 9.48. The largest absolute Gasteiger partial charge is 0.862 e. The lowest BCUT2D eigenvalue weighted by atomic mass is 10.1. The van der Waals surface area contributed by atoms with Crippen molar-refractivity contribution >= 4 is 11.8 Å². The number of aliphatic hydroxyl groups excluding tert-OH is 1. The van der Waals surface area contributed by atoms with Gasteiger partial charge in [0.05, 0.1) is 6.04 Å². The van der Waals surface area contributed by atoms with Gasteiger partial charge >= 0.3 is 5.90 Å². The van der Waals surface area contributed by atoms with E-state index in [2.05, 4.69) is 38.8 Å². The molecule has 0 radical (unpaired) electrons. The standard InChI is InChI=1S/C32H34N4O2/c1-25(27-9-5-3-6-10-27)33-31(37)17-23-35-19-13-29(14-20-35)30-15-21-36(22-16-30)24-18-32(38)34-26(2)28-11-7-4-8-12-28/h3-16,19-22,25-26H,17-18,23-24H2,1-2H3/p+2/t25-,26-/m1/s1. The Kier molecular flexibility index (Phi) is 9.35. The zero-order valence-electron chi connectivity index (χ0n) is 22.1. The Balaban J connectivity index is 1.27. The SMILES string of the molecule is C[C@@H](N=C([O-])CC[n+]1ccc(-c2cc[n+](CCC(O)=[NH+][C@H](C)c3ccccc3)cc2)cc1)c1ccccc1. The number of aliphatic imine (C=N–C) groups is 1. The summed E-state index contributed by atoms with van der Waals surface area (Å²) in [4.78, 5) is 7.49. The molecule has 2 atom stereocenters. The van der Waals surface area contributed by atoms with Gasteiger partial charge in [-0.1, -0.05) is 60.7 Å². The molecule has 0 saturated carbocycles. The van der Waals surface area contributed by atoms with Crippen molar-refractivity contribution in [3.8, 4) is 11.1 Å². The Morgan fingerprint density at radius 2 is 1.21 bits per heavy atom. The predicted octanol–water partition coefficient (Wildman–Crippen LogP) is 3.03. The van der Waals surface area contributed by atoms with Gasteiger partial charge in [-0.05, 0) is 29.5 Å². The second kappa shape index (κ2) is 13.3. The molecule has 0 saturated heterocycles. The molecule has 4 aromatic rings. The maximum Gasteiger partial charge on any atom is 0.339 e. The molecule has 0 aliphatic rings. The molecule has 0 aliphatic heterocycles. The first kappa shape index (κ1) is 26.7. The summed E-state index contributed by atoms with van der Waals surface area (Å²) in [6, 6.07) is 28.1. The van der Waals surface area contributed by atoms with Crippen LogP contribution in [0.2, 0.25) is 0 Å². The summed E-state index contributed by atoms with van der Waals surface area (Å²) < 4.78 is 4.07. The summed E-state index contributed by atoms with van der Waals surface area (Å²) in [5, 5.41) is 22.7. The normalized spacial score (nSPS) is 13.7. The van der Waals surface area contributed by atoms with E-state index in [0.29, 0.717) is 25.9 Å². The fraction of sp³-hybridized carbons (Fsp3) is 0.250. The van der Waals surface area contributed by atoms with E-state index in [1.54, 1.807) is 0 Å². The lowest BCUT2D eigenvalue weighted by Crippen LogP contribution is -2.74. The summed E-state index contributed by atoms with van der Waals surface area (Å²) in [6.45, 7) is 5.26. The molecule has 0 aliphatic carbocycles. The van der Waals surface area contributed by atoms with E-state index in [4.69, 9.17) is 0 Å². The maximum absolute atomic E-state index is 12.3. The van der Waals surface area contributed by atoms with Crippen LogP contribution in [0.25, 0.3) is 11.1 Å². The number of aliphatic hydroxyl groups is 1. The zero-order valence-corrected chi connectivity index (χ0v) is 22.1. The summed E-state index contributed by atoms with van der Waals surface area (Å²) in [6.07, 6.45) is 8.95. The van der Waals surface area contributed by atoms with Crippen LogP contribution in [-0.2, 0) is 13.1 Å². The van der Waals surface area contributed by atoms with Gasteiger partial charge in [-0.3, -0.25) is 4.99 Å². The molecular weight excluding hydrogens is 472 g/mol. The molecule has 6 nitrogen and oxygen atoms in total. The summed E-state index contributed by atoms with van der Waals surface area (Å²) in [5.74, 6) is 0.199. The Morgan fingerprint density at radius 3 is 1.74 bits per heavy atom. The van der Waals surface area contributed by atoms with Crippen molar-refractivity contribution in [2.45, 2.75) is 51.9 Å². The molecule has 6 heteroatoms. The molecule has 4 rings (SSSR count). The number of hydrogen-bond donors (Lipinski definition) is 2. The highest BCUT2D eigenvalue weighted by Crippen LogP contribution is 2.17. The van der Waals surface area contributed by atoms with Gasteiger partial charge in [-0.25, -0.2) is 14.1 Å². The van der Waals surface area contributed by atoms with Crippen LogP contribution >= 0.6 is 0 Å². The molecule has 2 aromatic carbocycles. The molecule has 0 unspecified atom stereocenters. The van der Waals surface area contributed by atoms with E-state index in [0.717, 1.165) is 22.3 Å². The van der Waals surface area contributed by atoms with E-state index in [1.165, 1.54) is 0 Å². The van der Waals surface area contributed by atoms with Crippen LogP contribution < -0.4 is 19.2 Å². The minimum Gasteiger partial charge on any atom is -0.862 e. The number of benzene rings is 2. The van der Waals surface area contributed by atoms with Gasteiger partial charge in [0.25, 0.3) is 0 Å². The number of nitrogens with zero attached hydrogens (tertiary/aromatic N) is 3. The maximum atomic E-state index is 12.3. The van der Waals surface area contributed by atoms with E-state index in [-0.39, 0.29) is 23.9 Å². The number of aromatic nitrogens is 2. The van der Waals surface area contributed by atoms with Crippen molar-refractivity contribution < 1.29 is 24.3 Å². The molecule has 0 spiro atoms. The smallest absolute Gasteiger partial charge is 0.339 e. The zero-order chi connectivity index (χ0) is 26.7. The number of rotatable bonds is 11. The topological polar surface area (TPSA) is 77.4 Å². The van der Waals surface area contributed by atoms with Crippen molar-refractivity contribution in [2.24, 2.45) is 4.99 Å². The van der Waals surface area contributed by atoms with E-state index in [1.807, 2.05) is 104 Å². The molecule has 2 N–H and O–H groups in total. The average molecular weight is 509 g/mol. The second-order valence-electron chi connectivity index (χ2n) is 9.48. The fourth-order valence-corrected chi connectivity index (χ4v) is 4.29. The van der Waals surface area contributed by atoms with Crippen LogP contribution in [-0.4, -0.2) is 16.9 Å².